The molecule has 0 unspecified atom stereocenters. The van der Waals surface area contributed by atoms with Crippen molar-refractivity contribution < 1.29 is 9.53 Å². The molecule has 0 spiro atoms. The summed E-state index contributed by atoms with van der Waals surface area (Å²) in [6.07, 6.45) is 10.1. The van der Waals surface area contributed by atoms with Gasteiger partial charge in [0.1, 0.15) is 11.4 Å². The van der Waals surface area contributed by atoms with Crippen molar-refractivity contribution in [3.63, 3.8) is 0 Å². The standard InChI is InChI=1S/C27H34N4O2/c1-3-5-6-7-8-9-18-33-24-16-14-23(15-17-24)25-19-26(30-29-25)27(32)31-28-20-22-12-10-21(4-2)11-13-22/h10-17,19-20H,3-9,18H2,1-2H3,(H,29,30)(H,31,32)/b28-20-. The number of rotatable bonds is 13. The first-order valence-corrected chi connectivity index (χ1v) is 11.9. The van der Waals surface area contributed by atoms with Gasteiger partial charge < -0.3 is 4.74 Å². The van der Waals surface area contributed by atoms with Crippen LogP contribution in [0.3, 0.4) is 0 Å². The number of hydrazone groups is 1. The molecule has 2 N–H and O–H groups in total. The van der Waals surface area contributed by atoms with E-state index in [1.54, 1.807) is 12.3 Å². The third-order valence-electron chi connectivity index (χ3n) is 5.51. The molecule has 0 radical (unpaired) electrons. The second kappa shape index (κ2) is 13.2. The second-order valence-electron chi connectivity index (χ2n) is 8.10. The Balaban J connectivity index is 1.45. The monoisotopic (exact) mass is 446 g/mol. The number of ether oxygens (including phenoxy) is 1. The van der Waals surface area contributed by atoms with Crippen molar-refractivity contribution in [2.45, 2.75) is 58.8 Å². The number of aromatic amines is 1. The van der Waals surface area contributed by atoms with Crippen molar-refractivity contribution in [3.8, 4) is 17.0 Å². The summed E-state index contributed by atoms with van der Waals surface area (Å²) in [4.78, 5) is 12.3. The van der Waals surface area contributed by atoms with Gasteiger partial charge in [-0.25, -0.2) is 5.43 Å². The van der Waals surface area contributed by atoms with Crippen LogP contribution in [0.25, 0.3) is 11.3 Å². The number of nitrogens with one attached hydrogen (secondary N) is 2. The van der Waals surface area contributed by atoms with E-state index in [1.165, 1.54) is 37.7 Å². The minimum Gasteiger partial charge on any atom is -0.494 e. The molecule has 0 aliphatic carbocycles. The lowest BCUT2D eigenvalue weighted by Gasteiger charge is -2.06. The van der Waals surface area contributed by atoms with Crippen molar-refractivity contribution in [1.29, 1.82) is 0 Å². The molecule has 174 valence electrons. The van der Waals surface area contributed by atoms with Crippen LogP contribution < -0.4 is 10.2 Å². The van der Waals surface area contributed by atoms with Gasteiger partial charge in [0.05, 0.1) is 18.5 Å². The summed E-state index contributed by atoms with van der Waals surface area (Å²) in [7, 11) is 0. The molecule has 0 bridgehead atoms. The molecule has 0 atom stereocenters. The van der Waals surface area contributed by atoms with Crippen LogP contribution in [-0.4, -0.2) is 28.9 Å². The van der Waals surface area contributed by atoms with Crippen LogP contribution in [0.5, 0.6) is 5.75 Å². The van der Waals surface area contributed by atoms with Crippen LogP contribution in [0, 0.1) is 0 Å². The van der Waals surface area contributed by atoms with Crippen LogP contribution >= 0.6 is 0 Å². The highest BCUT2D eigenvalue weighted by Gasteiger charge is 2.10. The van der Waals surface area contributed by atoms with Gasteiger partial charge in [0.15, 0.2) is 0 Å². The van der Waals surface area contributed by atoms with Crippen molar-refractivity contribution in [3.05, 3.63) is 71.4 Å². The number of aryl methyl sites for hydroxylation is 1. The van der Waals surface area contributed by atoms with E-state index in [9.17, 15) is 4.79 Å². The van der Waals surface area contributed by atoms with Gasteiger partial charge in [-0.3, -0.25) is 9.89 Å². The number of aromatic nitrogens is 2. The molecule has 6 nitrogen and oxygen atoms in total. The summed E-state index contributed by atoms with van der Waals surface area (Å²) in [6, 6.07) is 17.5. The van der Waals surface area contributed by atoms with E-state index in [0.29, 0.717) is 11.4 Å². The second-order valence-corrected chi connectivity index (χ2v) is 8.10. The Bertz CT molecular complexity index is 1010. The maximum atomic E-state index is 12.3. The fourth-order valence-electron chi connectivity index (χ4n) is 3.45. The Morgan fingerprint density at radius 3 is 2.45 bits per heavy atom. The summed E-state index contributed by atoms with van der Waals surface area (Å²) >= 11 is 0. The SMILES string of the molecule is CCCCCCCCOc1ccc(-c2cc(C(=O)N/N=C\c3ccc(CC)cc3)[nH]n2)cc1. The molecular weight excluding hydrogens is 412 g/mol. The third-order valence-corrected chi connectivity index (χ3v) is 5.51. The number of hydrogen-bond donors (Lipinski definition) is 2. The minimum absolute atomic E-state index is 0.339. The van der Waals surface area contributed by atoms with Gasteiger partial charge >= 0.3 is 0 Å². The van der Waals surface area contributed by atoms with Crippen LogP contribution in [0.4, 0.5) is 0 Å². The first-order valence-electron chi connectivity index (χ1n) is 11.9. The van der Waals surface area contributed by atoms with E-state index in [4.69, 9.17) is 4.74 Å². The number of nitrogens with zero attached hydrogens (tertiary/aromatic N) is 2. The molecule has 0 saturated heterocycles. The summed E-state index contributed by atoms with van der Waals surface area (Å²) < 4.78 is 5.83. The van der Waals surface area contributed by atoms with E-state index >= 15 is 0 Å². The van der Waals surface area contributed by atoms with E-state index in [-0.39, 0.29) is 5.91 Å². The van der Waals surface area contributed by atoms with E-state index in [2.05, 4.69) is 46.7 Å². The molecule has 3 aromatic rings. The predicted octanol–water partition coefficient (Wildman–Crippen LogP) is 6.14. The van der Waals surface area contributed by atoms with Gasteiger partial charge in [0, 0.05) is 5.56 Å². The molecule has 33 heavy (non-hydrogen) atoms. The van der Waals surface area contributed by atoms with Crippen LogP contribution in [0.2, 0.25) is 0 Å². The first-order chi connectivity index (χ1) is 16.2. The predicted molar refractivity (Wildman–Crippen MR) is 134 cm³/mol. The van der Waals surface area contributed by atoms with Gasteiger partial charge in [0.2, 0.25) is 0 Å². The highest BCUT2D eigenvalue weighted by atomic mass is 16.5. The number of carbonyl (C=O) groups excluding carboxylic acids is 1. The molecule has 0 saturated carbocycles. The highest BCUT2D eigenvalue weighted by Crippen LogP contribution is 2.21. The van der Waals surface area contributed by atoms with Crippen LogP contribution in [0.15, 0.2) is 59.7 Å². The molecule has 0 aliphatic rings. The quantitative estimate of drug-likeness (QED) is 0.188. The number of H-pyrrole nitrogens is 1. The average molecular weight is 447 g/mol. The lowest BCUT2D eigenvalue weighted by molar-refractivity contribution is 0.0950. The number of carbonyl (C=O) groups is 1. The molecular formula is C27H34N4O2. The zero-order valence-corrected chi connectivity index (χ0v) is 19.6. The number of unbranched alkanes of at least 4 members (excludes halogenated alkanes) is 5. The molecule has 1 amide bonds. The van der Waals surface area contributed by atoms with E-state index in [0.717, 1.165) is 36.3 Å². The number of hydrogen-bond acceptors (Lipinski definition) is 4. The van der Waals surface area contributed by atoms with Gasteiger partial charge in [0.25, 0.3) is 5.91 Å². The largest absolute Gasteiger partial charge is 0.494 e. The summed E-state index contributed by atoms with van der Waals surface area (Å²) in [5.41, 5.74) is 6.69. The lowest BCUT2D eigenvalue weighted by atomic mass is 10.1. The summed E-state index contributed by atoms with van der Waals surface area (Å²) in [5.74, 6) is 0.510. The van der Waals surface area contributed by atoms with Crippen LogP contribution in [0.1, 0.15) is 74.0 Å². The Morgan fingerprint density at radius 1 is 1.00 bits per heavy atom. The van der Waals surface area contributed by atoms with Crippen molar-refractivity contribution in [2.75, 3.05) is 6.61 Å². The first kappa shape index (κ1) is 24.2. The average Bonchev–Trinajstić information content (AvgIpc) is 3.35. The normalized spacial score (nSPS) is 11.1. The van der Waals surface area contributed by atoms with Gasteiger partial charge in [-0.05, 0) is 54.3 Å². The van der Waals surface area contributed by atoms with Crippen molar-refractivity contribution in [2.24, 2.45) is 5.10 Å². The summed E-state index contributed by atoms with van der Waals surface area (Å²) in [5, 5.41) is 11.1. The maximum Gasteiger partial charge on any atom is 0.289 e. The molecule has 0 aliphatic heterocycles. The van der Waals surface area contributed by atoms with E-state index < -0.39 is 0 Å². The zero-order valence-electron chi connectivity index (χ0n) is 19.6. The van der Waals surface area contributed by atoms with Crippen molar-refractivity contribution in [1.82, 2.24) is 15.6 Å². The minimum atomic E-state index is -0.339. The molecule has 3 rings (SSSR count). The van der Waals surface area contributed by atoms with Crippen LogP contribution in [-0.2, 0) is 6.42 Å². The molecule has 1 aromatic heterocycles. The fourth-order valence-corrected chi connectivity index (χ4v) is 3.45. The Labute approximate surface area is 196 Å². The number of benzene rings is 2. The Kier molecular flexibility index (Phi) is 9.70. The van der Waals surface area contributed by atoms with E-state index in [1.807, 2.05) is 36.4 Å². The Hall–Kier alpha value is -3.41. The zero-order chi connectivity index (χ0) is 23.3. The smallest absolute Gasteiger partial charge is 0.289 e. The molecule has 2 aromatic carbocycles. The number of amides is 1. The highest BCUT2D eigenvalue weighted by molar-refractivity contribution is 5.94. The topological polar surface area (TPSA) is 79.4 Å². The van der Waals surface area contributed by atoms with Gasteiger partial charge in [-0.1, -0.05) is 70.2 Å². The summed E-state index contributed by atoms with van der Waals surface area (Å²) in [6.45, 7) is 5.08. The lowest BCUT2D eigenvalue weighted by Crippen LogP contribution is -2.17. The molecule has 6 heteroatoms. The maximum absolute atomic E-state index is 12.3. The van der Waals surface area contributed by atoms with Gasteiger partial charge in [-0.2, -0.15) is 10.2 Å². The fraction of sp³-hybridized carbons (Fsp3) is 0.370. The van der Waals surface area contributed by atoms with Crippen molar-refractivity contribution >= 4 is 12.1 Å². The Morgan fingerprint density at radius 2 is 1.73 bits per heavy atom. The molecule has 1 heterocycles. The molecule has 0 fully saturated rings. The third kappa shape index (κ3) is 7.90. The van der Waals surface area contributed by atoms with Gasteiger partial charge in [-0.15, -0.1) is 0 Å².